The van der Waals surface area contributed by atoms with Crippen LogP contribution in [0.5, 0.6) is 5.75 Å². The van der Waals surface area contributed by atoms with Crippen LogP contribution < -0.4 is 10.1 Å². The van der Waals surface area contributed by atoms with Crippen LogP contribution in [0.25, 0.3) is 0 Å². The van der Waals surface area contributed by atoms with Gasteiger partial charge in [-0.2, -0.15) is 4.98 Å². The fraction of sp³-hybridized carbons (Fsp3) is 0.550. The minimum atomic E-state index is -0.835. The maximum Gasteiger partial charge on any atom is 0.408 e. The molecule has 0 saturated heterocycles. The quantitative estimate of drug-likeness (QED) is 0.685. The van der Waals surface area contributed by atoms with Crippen molar-refractivity contribution in [2.75, 3.05) is 20.2 Å². The van der Waals surface area contributed by atoms with E-state index in [1.54, 1.807) is 46.8 Å². The first-order valence-corrected chi connectivity index (χ1v) is 9.73. The number of alkyl carbamates (subject to hydrolysis) is 1. The Labute approximate surface area is 176 Å². The molecule has 0 unspecified atom stereocenters. The van der Waals surface area contributed by atoms with Gasteiger partial charge in [0.05, 0.1) is 6.54 Å². The van der Waals surface area contributed by atoms with Gasteiger partial charge >= 0.3 is 6.09 Å². The molecule has 0 aliphatic heterocycles. The number of carbonyl (C=O) groups excluding carboxylic acids is 1. The number of halogens is 1. The highest BCUT2D eigenvalue weighted by Gasteiger charge is 2.31. The lowest BCUT2D eigenvalue weighted by atomic mass is 10.1. The van der Waals surface area contributed by atoms with Crippen molar-refractivity contribution in [1.82, 2.24) is 20.4 Å². The lowest BCUT2D eigenvalue weighted by Crippen LogP contribution is -2.44. The van der Waals surface area contributed by atoms with Crippen LogP contribution in [0.15, 0.2) is 28.8 Å². The zero-order valence-electron chi connectivity index (χ0n) is 17.8. The molecule has 0 saturated carbocycles. The maximum absolute atomic E-state index is 12.0. The SMILES string of the molecule is CN(CCOc1cccc(Cl)c1)Cc1nc(C(C)(C)NC(=O)OC(C)(C)C)no1. The number of hydrogen-bond acceptors (Lipinski definition) is 7. The summed E-state index contributed by atoms with van der Waals surface area (Å²) >= 11 is 5.94. The van der Waals surface area contributed by atoms with E-state index in [1.165, 1.54) is 0 Å². The van der Waals surface area contributed by atoms with Crippen LogP contribution in [0.3, 0.4) is 0 Å². The summed E-state index contributed by atoms with van der Waals surface area (Å²) in [7, 11) is 1.93. The van der Waals surface area contributed by atoms with Gasteiger partial charge in [0.2, 0.25) is 5.89 Å². The Morgan fingerprint density at radius 2 is 2.00 bits per heavy atom. The van der Waals surface area contributed by atoms with Crippen LogP contribution in [0, 0.1) is 0 Å². The largest absolute Gasteiger partial charge is 0.492 e. The van der Waals surface area contributed by atoms with E-state index in [0.717, 1.165) is 5.75 Å². The van der Waals surface area contributed by atoms with Gasteiger partial charge in [-0.1, -0.05) is 22.8 Å². The normalized spacial score (nSPS) is 12.1. The molecule has 160 valence electrons. The van der Waals surface area contributed by atoms with E-state index in [2.05, 4.69) is 15.5 Å². The van der Waals surface area contributed by atoms with Crippen molar-refractivity contribution in [2.45, 2.75) is 52.3 Å². The summed E-state index contributed by atoms with van der Waals surface area (Å²) in [6, 6.07) is 7.27. The molecule has 0 radical (unpaired) electrons. The Bertz CT molecular complexity index is 817. The lowest BCUT2D eigenvalue weighted by Gasteiger charge is -2.26. The smallest absolute Gasteiger partial charge is 0.408 e. The van der Waals surface area contributed by atoms with Crippen molar-refractivity contribution in [3.05, 3.63) is 41.0 Å². The summed E-state index contributed by atoms with van der Waals surface area (Å²) < 4.78 is 16.3. The van der Waals surface area contributed by atoms with E-state index in [4.69, 9.17) is 25.6 Å². The number of nitrogens with zero attached hydrogens (tertiary/aromatic N) is 3. The second kappa shape index (κ2) is 9.45. The first-order chi connectivity index (χ1) is 13.4. The molecule has 0 fully saturated rings. The van der Waals surface area contributed by atoms with Gasteiger partial charge in [0.25, 0.3) is 0 Å². The first-order valence-electron chi connectivity index (χ1n) is 9.36. The van der Waals surface area contributed by atoms with Gasteiger partial charge in [-0.05, 0) is 59.9 Å². The molecular formula is C20H29ClN4O4. The van der Waals surface area contributed by atoms with Gasteiger partial charge in [-0.3, -0.25) is 4.90 Å². The molecule has 1 aromatic carbocycles. The van der Waals surface area contributed by atoms with E-state index < -0.39 is 17.2 Å². The average molecular weight is 425 g/mol. The van der Waals surface area contributed by atoms with E-state index in [0.29, 0.717) is 36.4 Å². The number of amides is 1. The van der Waals surface area contributed by atoms with Crippen molar-refractivity contribution < 1.29 is 18.8 Å². The summed E-state index contributed by atoms with van der Waals surface area (Å²) in [5.41, 5.74) is -1.42. The zero-order valence-corrected chi connectivity index (χ0v) is 18.5. The zero-order chi connectivity index (χ0) is 21.7. The van der Waals surface area contributed by atoms with Crippen molar-refractivity contribution in [3.63, 3.8) is 0 Å². The molecule has 0 aliphatic carbocycles. The number of likely N-dealkylation sites (N-methyl/N-ethyl adjacent to an activating group) is 1. The molecule has 0 bridgehead atoms. The predicted molar refractivity (Wildman–Crippen MR) is 110 cm³/mol. The minimum absolute atomic E-state index is 0.377. The van der Waals surface area contributed by atoms with Gasteiger partial charge in [-0.15, -0.1) is 0 Å². The van der Waals surface area contributed by atoms with Crippen molar-refractivity contribution in [1.29, 1.82) is 0 Å². The molecular weight excluding hydrogens is 396 g/mol. The standard InChI is InChI=1S/C20H29ClN4O4/c1-19(2,3)28-18(26)23-20(4,5)17-22-16(29-24-17)13-25(6)10-11-27-15-9-7-8-14(21)12-15/h7-9,12H,10-11,13H2,1-6H3,(H,23,26). The Hall–Kier alpha value is -2.32. The van der Waals surface area contributed by atoms with Gasteiger partial charge in [0, 0.05) is 11.6 Å². The first kappa shape index (κ1) is 23.0. The van der Waals surface area contributed by atoms with Gasteiger partial charge < -0.3 is 19.3 Å². The summed E-state index contributed by atoms with van der Waals surface area (Å²) in [6.07, 6.45) is -0.538. The molecule has 9 heteroatoms. The maximum atomic E-state index is 12.0. The summed E-state index contributed by atoms with van der Waals surface area (Å²) in [4.78, 5) is 18.4. The molecule has 2 rings (SSSR count). The highest BCUT2D eigenvalue weighted by atomic mass is 35.5. The fourth-order valence-corrected chi connectivity index (χ4v) is 2.55. The Kier molecular flexibility index (Phi) is 7.48. The summed E-state index contributed by atoms with van der Waals surface area (Å²) in [6.45, 7) is 10.6. The van der Waals surface area contributed by atoms with Crippen molar-refractivity contribution >= 4 is 17.7 Å². The molecule has 29 heavy (non-hydrogen) atoms. The molecule has 1 amide bonds. The molecule has 0 atom stereocenters. The number of hydrogen-bond donors (Lipinski definition) is 1. The number of aromatic nitrogens is 2. The van der Waals surface area contributed by atoms with Gasteiger partial charge in [0.1, 0.15) is 23.5 Å². The van der Waals surface area contributed by atoms with Crippen molar-refractivity contribution in [2.24, 2.45) is 0 Å². The minimum Gasteiger partial charge on any atom is -0.492 e. The molecule has 1 heterocycles. The Morgan fingerprint density at radius 1 is 1.28 bits per heavy atom. The number of nitrogens with one attached hydrogen (secondary N) is 1. The van der Waals surface area contributed by atoms with Crippen LogP contribution in [0.1, 0.15) is 46.3 Å². The highest BCUT2D eigenvalue weighted by molar-refractivity contribution is 6.30. The molecule has 1 aromatic heterocycles. The third kappa shape index (κ3) is 7.91. The fourth-order valence-electron chi connectivity index (χ4n) is 2.37. The van der Waals surface area contributed by atoms with Crippen molar-refractivity contribution in [3.8, 4) is 5.75 Å². The second-order valence-corrected chi connectivity index (χ2v) is 8.74. The number of ether oxygens (including phenoxy) is 2. The molecule has 8 nitrogen and oxygen atoms in total. The topological polar surface area (TPSA) is 89.7 Å². The second-order valence-electron chi connectivity index (χ2n) is 8.31. The summed E-state index contributed by atoms with van der Waals surface area (Å²) in [5.74, 6) is 1.55. The lowest BCUT2D eigenvalue weighted by molar-refractivity contribution is 0.0465. The van der Waals surface area contributed by atoms with E-state index in [9.17, 15) is 4.79 Å². The van der Waals surface area contributed by atoms with Crippen LogP contribution in [0.2, 0.25) is 5.02 Å². The summed E-state index contributed by atoms with van der Waals surface area (Å²) in [5, 5.41) is 7.40. The number of carbonyl (C=O) groups is 1. The van der Waals surface area contributed by atoms with Crippen LogP contribution in [-0.4, -0.2) is 46.9 Å². The molecule has 2 aromatic rings. The monoisotopic (exact) mass is 424 g/mol. The molecule has 1 N–H and O–H groups in total. The Balaban J connectivity index is 1.84. The van der Waals surface area contributed by atoms with E-state index >= 15 is 0 Å². The van der Waals surface area contributed by atoms with Crippen LogP contribution in [-0.2, 0) is 16.8 Å². The average Bonchev–Trinajstić information content (AvgIpc) is 3.02. The number of rotatable bonds is 8. The van der Waals surface area contributed by atoms with E-state index in [-0.39, 0.29) is 0 Å². The van der Waals surface area contributed by atoms with E-state index in [1.807, 2.05) is 24.1 Å². The predicted octanol–water partition coefficient (Wildman–Crippen LogP) is 3.99. The number of benzene rings is 1. The van der Waals surface area contributed by atoms with Gasteiger partial charge in [0.15, 0.2) is 5.82 Å². The third-order valence-electron chi connectivity index (χ3n) is 3.78. The highest BCUT2D eigenvalue weighted by Crippen LogP contribution is 2.19. The van der Waals surface area contributed by atoms with Gasteiger partial charge in [-0.25, -0.2) is 4.79 Å². The Morgan fingerprint density at radius 3 is 2.66 bits per heavy atom. The van der Waals surface area contributed by atoms with Crippen LogP contribution >= 0.6 is 11.6 Å². The van der Waals surface area contributed by atoms with Crippen LogP contribution in [0.4, 0.5) is 4.79 Å². The molecule has 0 spiro atoms. The molecule has 0 aliphatic rings. The third-order valence-corrected chi connectivity index (χ3v) is 4.02.